The molecule has 0 aliphatic rings. The second-order valence-corrected chi connectivity index (χ2v) is 4.78. The Morgan fingerprint density at radius 2 is 2.05 bits per heavy atom. The number of halogens is 1. The lowest BCUT2D eigenvalue weighted by molar-refractivity contribution is 0.0963. The number of nitrogens with one attached hydrogen (secondary N) is 3. The Morgan fingerprint density at radius 1 is 1.29 bits per heavy atom. The van der Waals surface area contributed by atoms with Crippen molar-refractivity contribution in [2.75, 3.05) is 24.7 Å². The molecule has 0 aliphatic heterocycles. The fourth-order valence-corrected chi connectivity index (χ4v) is 2.00. The average Bonchev–Trinajstić information content (AvgIpc) is 2.50. The van der Waals surface area contributed by atoms with E-state index in [9.17, 15) is 4.79 Å². The van der Waals surface area contributed by atoms with Gasteiger partial charge in [-0.3, -0.25) is 4.79 Å². The summed E-state index contributed by atoms with van der Waals surface area (Å²) >= 11 is 5.94. The Morgan fingerprint density at radius 3 is 2.67 bits per heavy atom. The summed E-state index contributed by atoms with van der Waals surface area (Å²) in [6.07, 6.45) is 1.52. The first-order valence-corrected chi connectivity index (χ1v) is 6.73. The Bertz CT molecular complexity index is 674. The number of carbonyl (C=O) groups excluding carboxylic acids is 1. The molecule has 21 heavy (non-hydrogen) atoms. The zero-order valence-corrected chi connectivity index (χ0v) is 12.7. The smallest absolute Gasteiger partial charge is 0.251 e. The van der Waals surface area contributed by atoms with Crippen LogP contribution < -0.4 is 16.0 Å². The van der Waals surface area contributed by atoms with Gasteiger partial charge in [0.05, 0.1) is 6.20 Å². The van der Waals surface area contributed by atoms with Crippen molar-refractivity contribution in [1.29, 1.82) is 0 Å². The highest BCUT2D eigenvalue weighted by atomic mass is 35.5. The van der Waals surface area contributed by atoms with E-state index in [0.717, 1.165) is 11.3 Å². The Hall–Kier alpha value is -2.34. The van der Waals surface area contributed by atoms with E-state index in [0.29, 0.717) is 22.4 Å². The summed E-state index contributed by atoms with van der Waals surface area (Å²) in [6, 6.07) is 5.36. The molecule has 0 fully saturated rings. The quantitative estimate of drug-likeness (QED) is 0.809. The van der Waals surface area contributed by atoms with Crippen molar-refractivity contribution in [2.24, 2.45) is 0 Å². The molecular formula is C14H16ClN5O. The van der Waals surface area contributed by atoms with Gasteiger partial charge in [-0.15, -0.1) is 0 Å². The van der Waals surface area contributed by atoms with Crippen LogP contribution in [0.1, 0.15) is 15.9 Å². The SMILES string of the molecule is CNC(=O)c1ccc(Nc2ncc(Cl)c(NC)n2)c(C)c1. The predicted molar refractivity (Wildman–Crippen MR) is 84.4 cm³/mol. The highest BCUT2D eigenvalue weighted by Gasteiger charge is 2.08. The number of amides is 1. The number of benzene rings is 1. The van der Waals surface area contributed by atoms with Crippen LogP contribution in [-0.4, -0.2) is 30.0 Å². The third-order valence-corrected chi connectivity index (χ3v) is 3.22. The van der Waals surface area contributed by atoms with Crippen LogP contribution in [0, 0.1) is 6.92 Å². The lowest BCUT2D eigenvalue weighted by Gasteiger charge is -2.11. The minimum atomic E-state index is -0.120. The monoisotopic (exact) mass is 305 g/mol. The number of hydrogen-bond acceptors (Lipinski definition) is 5. The summed E-state index contributed by atoms with van der Waals surface area (Å²) in [7, 11) is 3.34. The summed E-state index contributed by atoms with van der Waals surface area (Å²) in [5, 5.41) is 9.04. The first-order valence-electron chi connectivity index (χ1n) is 6.35. The minimum absolute atomic E-state index is 0.120. The number of aromatic nitrogens is 2. The number of aryl methyl sites for hydroxylation is 1. The maximum Gasteiger partial charge on any atom is 0.251 e. The standard InChI is InChI=1S/C14H16ClN5O/c1-8-6-9(13(21)17-3)4-5-11(8)19-14-18-7-10(15)12(16-2)20-14/h4-7H,1-3H3,(H,17,21)(H2,16,18,19,20). The maximum atomic E-state index is 11.6. The third-order valence-electron chi connectivity index (χ3n) is 2.94. The molecule has 0 bridgehead atoms. The fourth-order valence-electron chi connectivity index (χ4n) is 1.81. The summed E-state index contributed by atoms with van der Waals surface area (Å²) in [6.45, 7) is 1.91. The van der Waals surface area contributed by atoms with Gasteiger partial charge in [-0.25, -0.2) is 4.98 Å². The van der Waals surface area contributed by atoms with Gasteiger partial charge in [0.1, 0.15) is 10.8 Å². The first kappa shape index (κ1) is 15.1. The van der Waals surface area contributed by atoms with Gasteiger partial charge in [0.2, 0.25) is 5.95 Å². The molecule has 2 aromatic rings. The molecule has 0 atom stereocenters. The molecule has 0 saturated carbocycles. The van der Waals surface area contributed by atoms with Crippen LogP contribution in [0.25, 0.3) is 0 Å². The van der Waals surface area contributed by atoms with E-state index in [-0.39, 0.29) is 5.91 Å². The molecule has 0 aliphatic carbocycles. The zero-order chi connectivity index (χ0) is 15.4. The van der Waals surface area contributed by atoms with E-state index >= 15 is 0 Å². The van der Waals surface area contributed by atoms with Gasteiger partial charge in [0.25, 0.3) is 5.91 Å². The average molecular weight is 306 g/mol. The van der Waals surface area contributed by atoms with Gasteiger partial charge in [-0.05, 0) is 30.7 Å². The molecule has 1 aromatic heterocycles. The van der Waals surface area contributed by atoms with Gasteiger partial charge < -0.3 is 16.0 Å². The molecule has 110 valence electrons. The molecule has 1 amide bonds. The van der Waals surface area contributed by atoms with Crippen molar-refractivity contribution in [1.82, 2.24) is 15.3 Å². The van der Waals surface area contributed by atoms with Crippen LogP contribution in [0.15, 0.2) is 24.4 Å². The maximum absolute atomic E-state index is 11.6. The van der Waals surface area contributed by atoms with E-state index in [1.807, 2.05) is 13.0 Å². The van der Waals surface area contributed by atoms with Crippen molar-refractivity contribution in [3.63, 3.8) is 0 Å². The third kappa shape index (κ3) is 3.41. The van der Waals surface area contributed by atoms with E-state index in [1.165, 1.54) is 6.20 Å². The Balaban J connectivity index is 2.26. The van der Waals surface area contributed by atoms with Crippen LogP contribution in [0.2, 0.25) is 5.02 Å². The number of hydrogen-bond donors (Lipinski definition) is 3. The van der Waals surface area contributed by atoms with Crippen LogP contribution in [0.4, 0.5) is 17.5 Å². The number of rotatable bonds is 4. The van der Waals surface area contributed by atoms with E-state index in [4.69, 9.17) is 11.6 Å². The second-order valence-electron chi connectivity index (χ2n) is 4.37. The molecule has 2 rings (SSSR count). The molecule has 3 N–H and O–H groups in total. The largest absolute Gasteiger partial charge is 0.372 e. The Kier molecular flexibility index (Phi) is 4.59. The van der Waals surface area contributed by atoms with Crippen LogP contribution in [0.5, 0.6) is 0 Å². The lowest BCUT2D eigenvalue weighted by Crippen LogP contribution is -2.17. The number of nitrogens with zero attached hydrogens (tertiary/aromatic N) is 2. The second kappa shape index (κ2) is 6.41. The molecule has 6 nitrogen and oxygen atoms in total. The Labute approximate surface area is 128 Å². The van der Waals surface area contributed by atoms with E-state index < -0.39 is 0 Å². The molecule has 0 unspecified atom stereocenters. The van der Waals surface area contributed by atoms with E-state index in [1.54, 1.807) is 26.2 Å². The summed E-state index contributed by atoms with van der Waals surface area (Å²) < 4.78 is 0. The molecule has 0 radical (unpaired) electrons. The molecule has 1 heterocycles. The number of anilines is 3. The highest BCUT2D eigenvalue weighted by molar-refractivity contribution is 6.32. The topological polar surface area (TPSA) is 78.9 Å². The molecule has 7 heteroatoms. The normalized spacial score (nSPS) is 10.1. The fraction of sp³-hybridized carbons (Fsp3) is 0.214. The molecule has 0 saturated heterocycles. The van der Waals surface area contributed by atoms with Gasteiger partial charge in [-0.1, -0.05) is 11.6 Å². The molecule has 0 spiro atoms. The first-order chi connectivity index (χ1) is 10.0. The van der Waals surface area contributed by atoms with Crippen molar-refractivity contribution in [3.8, 4) is 0 Å². The van der Waals surface area contributed by atoms with Crippen molar-refractivity contribution < 1.29 is 4.79 Å². The molecular weight excluding hydrogens is 290 g/mol. The van der Waals surface area contributed by atoms with Crippen molar-refractivity contribution in [3.05, 3.63) is 40.5 Å². The van der Waals surface area contributed by atoms with Crippen molar-refractivity contribution >= 4 is 35.0 Å². The van der Waals surface area contributed by atoms with Crippen LogP contribution >= 0.6 is 11.6 Å². The lowest BCUT2D eigenvalue weighted by atomic mass is 10.1. The van der Waals surface area contributed by atoms with Gasteiger partial charge in [0.15, 0.2) is 0 Å². The van der Waals surface area contributed by atoms with Crippen LogP contribution in [0.3, 0.4) is 0 Å². The number of carbonyl (C=O) groups is 1. The minimum Gasteiger partial charge on any atom is -0.372 e. The van der Waals surface area contributed by atoms with Gasteiger partial charge in [-0.2, -0.15) is 4.98 Å². The van der Waals surface area contributed by atoms with Gasteiger partial charge in [0, 0.05) is 25.3 Å². The summed E-state index contributed by atoms with van der Waals surface area (Å²) in [5.41, 5.74) is 2.35. The van der Waals surface area contributed by atoms with Crippen LogP contribution in [-0.2, 0) is 0 Å². The van der Waals surface area contributed by atoms with Gasteiger partial charge >= 0.3 is 0 Å². The summed E-state index contributed by atoms with van der Waals surface area (Å²) in [4.78, 5) is 20.0. The van der Waals surface area contributed by atoms with Crippen molar-refractivity contribution in [2.45, 2.75) is 6.92 Å². The zero-order valence-electron chi connectivity index (χ0n) is 12.0. The predicted octanol–water partition coefficient (Wildman–Crippen LogP) is 2.58. The highest BCUT2D eigenvalue weighted by Crippen LogP contribution is 2.23. The summed E-state index contributed by atoms with van der Waals surface area (Å²) in [5.74, 6) is 0.859. The van der Waals surface area contributed by atoms with E-state index in [2.05, 4.69) is 25.9 Å². The molecule has 1 aromatic carbocycles.